The van der Waals surface area contributed by atoms with Crippen LogP contribution in [0.15, 0.2) is 28.0 Å². The van der Waals surface area contributed by atoms with E-state index < -0.39 is 11.9 Å². The third-order valence-electron chi connectivity index (χ3n) is 2.31. The number of rotatable bonds is 5. The number of hydrogen-bond donors (Lipinski definition) is 3. The zero-order valence-electron chi connectivity index (χ0n) is 11.8. The Morgan fingerprint density at radius 3 is 2.50 bits per heavy atom. The Balaban J connectivity index is 0.000000346. The van der Waals surface area contributed by atoms with Crippen LogP contribution in [0.5, 0.6) is 0 Å². The van der Waals surface area contributed by atoms with E-state index in [0.29, 0.717) is 6.54 Å². The second-order valence-corrected chi connectivity index (χ2v) is 4.84. The summed E-state index contributed by atoms with van der Waals surface area (Å²) in [5.41, 5.74) is 5.47. The Morgan fingerprint density at radius 1 is 1.36 bits per heavy atom. The van der Waals surface area contributed by atoms with Gasteiger partial charge in [-0.3, -0.25) is 4.57 Å². The molecule has 0 amide bonds. The van der Waals surface area contributed by atoms with Crippen molar-refractivity contribution in [1.82, 2.24) is 14.8 Å². The molecular weight excluding hydrogens is 312 g/mol. The number of furan rings is 1. The molecule has 0 aromatic carbocycles. The van der Waals surface area contributed by atoms with E-state index in [0.717, 1.165) is 29.0 Å². The molecule has 0 radical (unpaired) electrons. The lowest BCUT2D eigenvalue weighted by Crippen LogP contribution is -2.09. The van der Waals surface area contributed by atoms with E-state index in [9.17, 15) is 0 Å². The Kier molecular flexibility index (Phi) is 7.13. The lowest BCUT2D eigenvalue weighted by molar-refractivity contribution is -0.159. The third kappa shape index (κ3) is 4.90. The minimum atomic E-state index is -1.82. The largest absolute Gasteiger partial charge is 0.473 e. The van der Waals surface area contributed by atoms with Gasteiger partial charge in [0.2, 0.25) is 0 Å². The molecule has 10 heteroatoms. The summed E-state index contributed by atoms with van der Waals surface area (Å²) < 4.78 is 7.35. The molecule has 9 nitrogen and oxygen atoms in total. The van der Waals surface area contributed by atoms with Gasteiger partial charge >= 0.3 is 11.9 Å². The predicted molar refractivity (Wildman–Crippen MR) is 78.4 cm³/mol. The molecule has 0 saturated carbocycles. The molecule has 120 valence electrons. The average molecular weight is 328 g/mol. The second kappa shape index (κ2) is 8.85. The zero-order valence-corrected chi connectivity index (χ0v) is 12.6. The summed E-state index contributed by atoms with van der Waals surface area (Å²) in [6, 6.07) is 3.73. The van der Waals surface area contributed by atoms with E-state index in [2.05, 4.69) is 17.1 Å². The summed E-state index contributed by atoms with van der Waals surface area (Å²) in [7, 11) is 0. The average Bonchev–Trinajstić information content (AvgIpc) is 3.14. The monoisotopic (exact) mass is 328 g/mol. The van der Waals surface area contributed by atoms with Crippen molar-refractivity contribution in [2.24, 2.45) is 5.73 Å². The van der Waals surface area contributed by atoms with E-state index >= 15 is 0 Å². The Morgan fingerprint density at radius 2 is 2.05 bits per heavy atom. The van der Waals surface area contributed by atoms with Crippen molar-refractivity contribution in [3.05, 3.63) is 18.4 Å². The van der Waals surface area contributed by atoms with Crippen LogP contribution >= 0.6 is 11.8 Å². The molecule has 0 spiro atoms. The van der Waals surface area contributed by atoms with Gasteiger partial charge in [-0.05, 0) is 19.1 Å². The zero-order chi connectivity index (χ0) is 16.5. The quantitative estimate of drug-likeness (QED) is 0.535. The molecule has 0 aliphatic rings. The number of hydrogen-bond acceptors (Lipinski definition) is 7. The lowest BCUT2D eigenvalue weighted by atomic mass is 10.4. The molecule has 0 saturated heterocycles. The molecule has 0 unspecified atom stereocenters. The minimum Gasteiger partial charge on any atom is -0.473 e. The summed E-state index contributed by atoms with van der Waals surface area (Å²) in [4.78, 5) is 18.2. The van der Waals surface area contributed by atoms with Crippen LogP contribution in [-0.2, 0) is 16.1 Å². The van der Waals surface area contributed by atoms with E-state index in [1.54, 1.807) is 18.0 Å². The molecule has 0 aliphatic heterocycles. The first kappa shape index (κ1) is 17.7. The summed E-state index contributed by atoms with van der Waals surface area (Å²) in [6.07, 6.45) is 1.64. The highest BCUT2D eigenvalue weighted by Crippen LogP contribution is 2.23. The van der Waals surface area contributed by atoms with Crippen molar-refractivity contribution >= 4 is 23.7 Å². The molecule has 2 rings (SSSR count). The summed E-state index contributed by atoms with van der Waals surface area (Å²) >= 11 is 1.61. The first-order valence-corrected chi connectivity index (χ1v) is 7.26. The summed E-state index contributed by atoms with van der Waals surface area (Å²) in [6.45, 7) is 3.51. The molecule has 0 aliphatic carbocycles. The maximum atomic E-state index is 9.10. The van der Waals surface area contributed by atoms with Crippen molar-refractivity contribution in [3.8, 4) is 11.6 Å². The van der Waals surface area contributed by atoms with Gasteiger partial charge in [0.15, 0.2) is 16.7 Å². The van der Waals surface area contributed by atoms with Crippen LogP contribution in [0.1, 0.15) is 6.92 Å². The van der Waals surface area contributed by atoms with E-state index in [1.807, 2.05) is 16.7 Å². The summed E-state index contributed by atoms with van der Waals surface area (Å²) in [5.74, 6) is -1.29. The molecule has 2 heterocycles. The second-order valence-electron chi connectivity index (χ2n) is 3.78. The minimum absolute atomic E-state index is 0.636. The number of aromatic nitrogens is 3. The fraction of sp³-hybridized carbons (Fsp3) is 0.333. The van der Waals surface area contributed by atoms with Crippen molar-refractivity contribution < 1.29 is 24.2 Å². The van der Waals surface area contributed by atoms with Crippen molar-refractivity contribution in [2.75, 3.05) is 12.3 Å². The fourth-order valence-electron chi connectivity index (χ4n) is 1.42. The maximum Gasteiger partial charge on any atom is 0.414 e. The Hall–Kier alpha value is -2.33. The molecule has 0 atom stereocenters. The smallest absolute Gasteiger partial charge is 0.414 e. The highest BCUT2D eigenvalue weighted by atomic mass is 32.2. The van der Waals surface area contributed by atoms with Gasteiger partial charge in [0, 0.05) is 18.8 Å². The molecule has 22 heavy (non-hydrogen) atoms. The first-order valence-electron chi connectivity index (χ1n) is 6.27. The van der Waals surface area contributed by atoms with Gasteiger partial charge < -0.3 is 20.4 Å². The maximum absolute atomic E-state index is 9.10. The summed E-state index contributed by atoms with van der Waals surface area (Å²) in [5, 5.41) is 24.0. The Bertz CT molecular complexity index is 599. The van der Waals surface area contributed by atoms with E-state index in [-0.39, 0.29) is 0 Å². The number of nitrogens with two attached hydrogens (primary N) is 1. The van der Waals surface area contributed by atoms with Crippen LogP contribution < -0.4 is 5.73 Å². The number of carboxylic acids is 2. The van der Waals surface area contributed by atoms with Crippen molar-refractivity contribution in [1.29, 1.82) is 0 Å². The van der Waals surface area contributed by atoms with Crippen LogP contribution in [0.2, 0.25) is 0 Å². The van der Waals surface area contributed by atoms with Gasteiger partial charge in [0.25, 0.3) is 0 Å². The number of thioether (sulfide) groups is 1. The SMILES string of the molecule is CCn1c(SCCN)nnc1-c1ccco1.O=C(O)C(=O)O. The van der Waals surface area contributed by atoms with Crippen LogP contribution in [-0.4, -0.2) is 49.2 Å². The van der Waals surface area contributed by atoms with Gasteiger partial charge in [-0.25, -0.2) is 9.59 Å². The van der Waals surface area contributed by atoms with Crippen molar-refractivity contribution in [3.63, 3.8) is 0 Å². The fourth-order valence-corrected chi connectivity index (χ4v) is 2.19. The lowest BCUT2D eigenvalue weighted by Gasteiger charge is -2.04. The number of nitrogens with zero attached hydrogens (tertiary/aromatic N) is 3. The van der Waals surface area contributed by atoms with Gasteiger partial charge in [-0.1, -0.05) is 11.8 Å². The van der Waals surface area contributed by atoms with E-state index in [1.165, 1.54) is 0 Å². The normalized spacial score (nSPS) is 9.91. The van der Waals surface area contributed by atoms with E-state index in [4.69, 9.17) is 30.0 Å². The molecule has 0 fully saturated rings. The number of aliphatic carboxylic acids is 2. The first-order chi connectivity index (χ1) is 10.5. The molecule has 4 N–H and O–H groups in total. The number of carboxylic acid groups (broad SMARTS) is 2. The molecular formula is C12H16N4O5S. The highest BCUT2D eigenvalue weighted by molar-refractivity contribution is 7.99. The standard InChI is InChI=1S/C10H14N4OS.C2H2O4/c1-2-14-9(8-4-3-6-15-8)12-13-10(14)16-7-5-11;3-1(4)2(5)6/h3-4,6H,2,5,7,11H2,1H3;(H,3,4)(H,5,6). The van der Waals surface area contributed by atoms with Gasteiger partial charge in [-0.2, -0.15) is 0 Å². The van der Waals surface area contributed by atoms with Gasteiger partial charge in [0.1, 0.15) is 0 Å². The number of carbonyl (C=O) groups is 2. The van der Waals surface area contributed by atoms with Crippen LogP contribution in [0, 0.1) is 0 Å². The topological polar surface area (TPSA) is 144 Å². The third-order valence-corrected chi connectivity index (χ3v) is 3.31. The van der Waals surface area contributed by atoms with Crippen LogP contribution in [0.3, 0.4) is 0 Å². The molecule has 2 aromatic heterocycles. The Labute approximate surface area is 130 Å². The van der Waals surface area contributed by atoms with Gasteiger partial charge in [-0.15, -0.1) is 10.2 Å². The van der Waals surface area contributed by atoms with Crippen LogP contribution in [0.25, 0.3) is 11.6 Å². The molecule has 0 bridgehead atoms. The predicted octanol–water partition coefficient (Wildman–Crippen LogP) is 0.764. The highest BCUT2D eigenvalue weighted by Gasteiger charge is 2.14. The van der Waals surface area contributed by atoms with Crippen LogP contribution in [0.4, 0.5) is 0 Å². The molecule has 2 aromatic rings. The van der Waals surface area contributed by atoms with Gasteiger partial charge in [0.05, 0.1) is 6.26 Å². The van der Waals surface area contributed by atoms with Crippen molar-refractivity contribution in [2.45, 2.75) is 18.6 Å².